The van der Waals surface area contributed by atoms with Gasteiger partial charge < -0.3 is 10.1 Å². The molecule has 3 heteroatoms. The number of hydrogen-bond donors (Lipinski definition) is 1. The van der Waals surface area contributed by atoms with Crippen molar-refractivity contribution in [2.75, 3.05) is 13.1 Å². The minimum atomic E-state index is -0.176. The van der Waals surface area contributed by atoms with Gasteiger partial charge in [-0.3, -0.25) is 4.79 Å². The summed E-state index contributed by atoms with van der Waals surface area (Å²) in [5.41, 5.74) is 0. The van der Waals surface area contributed by atoms with E-state index in [9.17, 15) is 4.79 Å². The van der Waals surface area contributed by atoms with E-state index in [1.54, 1.807) is 6.08 Å². The zero-order valence-corrected chi connectivity index (χ0v) is 10.6. The molecule has 0 radical (unpaired) electrons. The molecule has 0 aliphatic rings. The molecule has 0 rings (SSSR count). The Morgan fingerprint density at radius 1 is 1.44 bits per heavy atom. The Bertz CT molecular complexity index is 192. The lowest BCUT2D eigenvalue weighted by atomic mass is 10.1. The van der Waals surface area contributed by atoms with Crippen LogP contribution in [-0.4, -0.2) is 25.2 Å². The van der Waals surface area contributed by atoms with Crippen LogP contribution >= 0.6 is 0 Å². The minimum Gasteiger partial charge on any atom is -0.462 e. The lowest BCUT2D eigenvalue weighted by Crippen LogP contribution is -2.27. The number of nitrogens with one attached hydrogen (secondary N) is 1. The highest BCUT2D eigenvalue weighted by Gasteiger charge is 2.08. The maximum Gasteiger partial charge on any atom is 0.320 e. The molecule has 3 nitrogen and oxygen atoms in total. The van der Waals surface area contributed by atoms with E-state index in [-0.39, 0.29) is 18.6 Å². The first-order valence-electron chi connectivity index (χ1n) is 6.21. The highest BCUT2D eigenvalue weighted by molar-refractivity contribution is 5.71. The second-order valence-electron chi connectivity index (χ2n) is 4.07. The molecule has 0 bridgehead atoms. The minimum absolute atomic E-state index is 0.0369. The zero-order chi connectivity index (χ0) is 12.2. The quantitative estimate of drug-likeness (QED) is 0.354. The molecule has 16 heavy (non-hydrogen) atoms. The summed E-state index contributed by atoms with van der Waals surface area (Å²) in [4.78, 5) is 11.3. The standard InChI is InChI=1S/C13H25NO2/c1-4-6-7-8-9-12(3)16-13(15)11-14-10-5-2/h5,12,14H,2,4,6-11H2,1,3H3. The molecule has 0 aromatic heterocycles. The van der Waals surface area contributed by atoms with Crippen molar-refractivity contribution in [1.82, 2.24) is 5.32 Å². The monoisotopic (exact) mass is 227 g/mol. The maximum atomic E-state index is 11.3. The molecule has 0 saturated carbocycles. The van der Waals surface area contributed by atoms with Crippen LogP contribution in [0.5, 0.6) is 0 Å². The van der Waals surface area contributed by atoms with Gasteiger partial charge in [-0.1, -0.05) is 32.3 Å². The number of carbonyl (C=O) groups is 1. The van der Waals surface area contributed by atoms with E-state index in [0.29, 0.717) is 6.54 Å². The predicted octanol–water partition coefficient (Wildman–Crippen LogP) is 2.66. The SMILES string of the molecule is C=CCNCC(=O)OC(C)CCCCCC. The number of carbonyl (C=O) groups excluding carboxylic acids is 1. The normalized spacial score (nSPS) is 12.1. The molecule has 94 valence electrons. The van der Waals surface area contributed by atoms with Gasteiger partial charge in [0.2, 0.25) is 0 Å². The first-order valence-corrected chi connectivity index (χ1v) is 6.21. The lowest BCUT2D eigenvalue weighted by molar-refractivity contribution is -0.147. The fourth-order valence-electron chi connectivity index (χ4n) is 1.46. The Hall–Kier alpha value is -0.830. The predicted molar refractivity (Wildman–Crippen MR) is 67.4 cm³/mol. The number of hydrogen-bond acceptors (Lipinski definition) is 3. The molecule has 1 N–H and O–H groups in total. The molecule has 0 heterocycles. The van der Waals surface area contributed by atoms with Gasteiger partial charge in [0.25, 0.3) is 0 Å². The van der Waals surface area contributed by atoms with Crippen LogP contribution < -0.4 is 5.32 Å². The highest BCUT2D eigenvalue weighted by atomic mass is 16.5. The van der Waals surface area contributed by atoms with Crippen molar-refractivity contribution < 1.29 is 9.53 Å². The van der Waals surface area contributed by atoms with Crippen molar-refractivity contribution in [3.8, 4) is 0 Å². The van der Waals surface area contributed by atoms with E-state index >= 15 is 0 Å². The Kier molecular flexibility index (Phi) is 10.1. The van der Waals surface area contributed by atoms with Gasteiger partial charge in [0, 0.05) is 6.54 Å². The third-order valence-corrected chi connectivity index (χ3v) is 2.35. The molecule has 1 unspecified atom stereocenters. The van der Waals surface area contributed by atoms with Gasteiger partial charge in [0.05, 0.1) is 12.6 Å². The molecule has 0 aliphatic carbocycles. The summed E-state index contributed by atoms with van der Waals surface area (Å²) >= 11 is 0. The Morgan fingerprint density at radius 2 is 2.19 bits per heavy atom. The summed E-state index contributed by atoms with van der Waals surface area (Å²) in [6.45, 7) is 8.61. The Balaban J connectivity index is 3.42. The molecule has 0 saturated heterocycles. The van der Waals surface area contributed by atoms with Gasteiger partial charge in [-0.05, 0) is 19.8 Å². The van der Waals surface area contributed by atoms with E-state index in [1.807, 2.05) is 6.92 Å². The molecule has 0 aromatic carbocycles. The van der Waals surface area contributed by atoms with Crippen LogP contribution in [0, 0.1) is 0 Å². The fraction of sp³-hybridized carbons (Fsp3) is 0.769. The van der Waals surface area contributed by atoms with E-state index in [1.165, 1.54) is 19.3 Å². The van der Waals surface area contributed by atoms with Crippen LogP contribution in [0.1, 0.15) is 46.0 Å². The molecule has 0 amide bonds. The van der Waals surface area contributed by atoms with Gasteiger partial charge in [0.1, 0.15) is 0 Å². The zero-order valence-electron chi connectivity index (χ0n) is 10.6. The highest BCUT2D eigenvalue weighted by Crippen LogP contribution is 2.07. The second kappa shape index (κ2) is 10.7. The van der Waals surface area contributed by atoms with Crippen molar-refractivity contribution >= 4 is 5.97 Å². The van der Waals surface area contributed by atoms with Crippen LogP contribution in [0.2, 0.25) is 0 Å². The Morgan fingerprint density at radius 3 is 2.81 bits per heavy atom. The molecular weight excluding hydrogens is 202 g/mol. The van der Waals surface area contributed by atoms with Crippen molar-refractivity contribution in [3.05, 3.63) is 12.7 Å². The van der Waals surface area contributed by atoms with Crippen molar-refractivity contribution in [2.24, 2.45) is 0 Å². The Labute approximate surface area is 99.3 Å². The first-order chi connectivity index (χ1) is 7.70. The molecule has 1 atom stereocenters. The van der Waals surface area contributed by atoms with Crippen molar-refractivity contribution in [3.63, 3.8) is 0 Å². The number of esters is 1. The van der Waals surface area contributed by atoms with Crippen molar-refractivity contribution in [2.45, 2.75) is 52.1 Å². The lowest BCUT2D eigenvalue weighted by Gasteiger charge is -2.13. The second-order valence-corrected chi connectivity index (χ2v) is 4.07. The smallest absolute Gasteiger partial charge is 0.320 e. The number of unbranched alkanes of at least 4 members (excludes halogenated alkanes) is 3. The summed E-state index contributed by atoms with van der Waals surface area (Å²) in [6.07, 6.45) is 7.60. The van der Waals surface area contributed by atoms with Gasteiger partial charge in [-0.25, -0.2) is 0 Å². The summed E-state index contributed by atoms with van der Waals surface area (Å²) in [7, 11) is 0. The first kappa shape index (κ1) is 15.2. The average Bonchev–Trinajstić information content (AvgIpc) is 2.25. The summed E-state index contributed by atoms with van der Waals surface area (Å²) in [5, 5.41) is 2.92. The van der Waals surface area contributed by atoms with Gasteiger partial charge in [0.15, 0.2) is 0 Å². The maximum absolute atomic E-state index is 11.3. The van der Waals surface area contributed by atoms with E-state index in [2.05, 4.69) is 18.8 Å². The van der Waals surface area contributed by atoms with Crippen LogP contribution in [0.15, 0.2) is 12.7 Å². The van der Waals surface area contributed by atoms with Crippen molar-refractivity contribution in [1.29, 1.82) is 0 Å². The van der Waals surface area contributed by atoms with Crippen LogP contribution in [0.4, 0.5) is 0 Å². The van der Waals surface area contributed by atoms with Gasteiger partial charge >= 0.3 is 5.97 Å². The molecule has 0 aliphatic heterocycles. The third-order valence-electron chi connectivity index (χ3n) is 2.35. The molecular formula is C13H25NO2. The summed E-state index contributed by atoms with van der Waals surface area (Å²) in [6, 6.07) is 0. The van der Waals surface area contributed by atoms with Gasteiger partial charge in [-0.2, -0.15) is 0 Å². The largest absolute Gasteiger partial charge is 0.462 e. The van der Waals surface area contributed by atoms with Crippen LogP contribution in [0.3, 0.4) is 0 Å². The van der Waals surface area contributed by atoms with Gasteiger partial charge in [-0.15, -0.1) is 6.58 Å². The summed E-state index contributed by atoms with van der Waals surface area (Å²) < 4.78 is 5.24. The van der Waals surface area contributed by atoms with E-state index in [0.717, 1.165) is 12.8 Å². The van der Waals surface area contributed by atoms with Crippen LogP contribution in [-0.2, 0) is 9.53 Å². The third kappa shape index (κ3) is 9.71. The molecule has 0 spiro atoms. The average molecular weight is 227 g/mol. The number of ether oxygens (including phenoxy) is 1. The summed E-state index contributed by atoms with van der Waals surface area (Å²) in [5.74, 6) is -0.176. The number of rotatable bonds is 10. The van der Waals surface area contributed by atoms with Crippen LogP contribution in [0.25, 0.3) is 0 Å². The topological polar surface area (TPSA) is 38.3 Å². The molecule has 0 aromatic rings. The fourth-order valence-corrected chi connectivity index (χ4v) is 1.46. The van der Waals surface area contributed by atoms with E-state index < -0.39 is 0 Å². The molecule has 0 fully saturated rings. The van der Waals surface area contributed by atoms with E-state index in [4.69, 9.17) is 4.74 Å².